The number of benzene rings is 2. The van der Waals surface area contributed by atoms with Gasteiger partial charge in [-0.25, -0.2) is 21.6 Å². The van der Waals surface area contributed by atoms with Crippen LogP contribution in [-0.4, -0.2) is 81.5 Å². The fraction of sp³-hybridized carbons (Fsp3) is 0.480. The van der Waals surface area contributed by atoms with Crippen LogP contribution in [0.25, 0.3) is 0 Å². The fourth-order valence-corrected chi connectivity index (χ4v) is 7.52. The summed E-state index contributed by atoms with van der Waals surface area (Å²) in [5.74, 6) is -1.95. The van der Waals surface area contributed by atoms with Gasteiger partial charge >= 0.3 is 6.36 Å². The van der Waals surface area contributed by atoms with Gasteiger partial charge in [0, 0.05) is 29.7 Å². The van der Waals surface area contributed by atoms with E-state index in [0.717, 1.165) is 17.2 Å². The van der Waals surface area contributed by atoms with E-state index in [-0.39, 0.29) is 56.2 Å². The van der Waals surface area contributed by atoms with Crippen molar-refractivity contribution in [1.82, 2.24) is 14.5 Å². The summed E-state index contributed by atoms with van der Waals surface area (Å²) in [5, 5.41) is 13.3. The molecule has 2 atom stereocenters. The molecule has 1 saturated heterocycles. The van der Waals surface area contributed by atoms with Crippen molar-refractivity contribution in [2.75, 3.05) is 30.4 Å². The molecule has 0 spiro atoms. The minimum absolute atomic E-state index is 0.0869. The molecule has 2 heterocycles. The summed E-state index contributed by atoms with van der Waals surface area (Å²) in [4.78, 5) is 16.0. The number of nitrogens with one attached hydrogen (secondary N) is 2. The Labute approximate surface area is 256 Å². The SMILES string of the molecule is CCS(=O)(=O)c1ccc(Cl)cc1CN1C(=O)c2cc(OC(F)(F)F)c(CN3CCC[C@H](NS(C)(=O)=O)C3)c(Cl)c2NC1O. The molecule has 1 fully saturated rings. The molecule has 2 aromatic carbocycles. The number of fused-ring (bicyclic) bond motifs is 1. The normalized spacial score (nSPS) is 20.1. The first-order valence-electron chi connectivity index (χ1n) is 13.0. The largest absolute Gasteiger partial charge is 0.573 e. The predicted octanol–water partition coefficient (Wildman–Crippen LogP) is 3.54. The number of hydrogen-bond acceptors (Lipinski definition) is 9. The third-order valence-electron chi connectivity index (χ3n) is 6.96. The lowest BCUT2D eigenvalue weighted by Crippen LogP contribution is -2.48. The summed E-state index contributed by atoms with van der Waals surface area (Å²) in [6.45, 7) is 1.39. The highest BCUT2D eigenvalue weighted by atomic mass is 35.5. The predicted molar refractivity (Wildman–Crippen MR) is 153 cm³/mol. The highest BCUT2D eigenvalue weighted by Crippen LogP contribution is 2.43. The highest BCUT2D eigenvalue weighted by molar-refractivity contribution is 7.91. The lowest BCUT2D eigenvalue weighted by Gasteiger charge is -2.37. The Morgan fingerprint density at radius 2 is 1.86 bits per heavy atom. The molecule has 18 heteroatoms. The van der Waals surface area contributed by atoms with Gasteiger partial charge < -0.3 is 15.2 Å². The summed E-state index contributed by atoms with van der Waals surface area (Å²) in [5.41, 5.74) is -0.542. The number of piperidine rings is 1. The first-order chi connectivity index (χ1) is 19.9. The van der Waals surface area contributed by atoms with Gasteiger partial charge in [-0.3, -0.25) is 14.6 Å². The van der Waals surface area contributed by atoms with Gasteiger partial charge in [0.25, 0.3) is 5.91 Å². The first kappa shape index (κ1) is 33.6. The second kappa shape index (κ2) is 12.6. The molecule has 2 aromatic rings. The van der Waals surface area contributed by atoms with E-state index >= 15 is 0 Å². The molecule has 0 radical (unpaired) electrons. The van der Waals surface area contributed by atoms with Crippen molar-refractivity contribution in [2.24, 2.45) is 0 Å². The van der Waals surface area contributed by atoms with Crippen LogP contribution in [0.3, 0.4) is 0 Å². The number of alkyl halides is 3. The molecule has 2 aliphatic rings. The molecule has 0 bridgehead atoms. The van der Waals surface area contributed by atoms with E-state index < -0.39 is 56.8 Å². The molecule has 3 N–H and O–H groups in total. The van der Waals surface area contributed by atoms with Crippen molar-refractivity contribution >= 4 is 54.7 Å². The average molecular weight is 690 g/mol. The van der Waals surface area contributed by atoms with Gasteiger partial charge in [-0.2, -0.15) is 0 Å². The topological polar surface area (TPSA) is 145 Å². The summed E-state index contributed by atoms with van der Waals surface area (Å²) >= 11 is 12.6. The quantitative estimate of drug-likeness (QED) is 0.360. The minimum atomic E-state index is -5.15. The van der Waals surface area contributed by atoms with Gasteiger partial charge in [0.05, 0.1) is 39.7 Å². The number of aliphatic hydroxyl groups is 1. The molecular formula is C25H29Cl2F3N4O7S2. The van der Waals surface area contributed by atoms with Crippen LogP contribution >= 0.6 is 23.2 Å². The number of hydrogen-bond donors (Lipinski definition) is 3. The number of nitrogens with zero attached hydrogens (tertiary/aromatic N) is 2. The molecule has 2 aliphatic heterocycles. The molecule has 43 heavy (non-hydrogen) atoms. The summed E-state index contributed by atoms with van der Waals surface area (Å²) in [6, 6.07) is 4.33. The van der Waals surface area contributed by atoms with Crippen LogP contribution in [-0.2, 0) is 33.0 Å². The molecule has 238 valence electrons. The van der Waals surface area contributed by atoms with Crippen LogP contribution in [0.15, 0.2) is 29.2 Å². The van der Waals surface area contributed by atoms with E-state index in [9.17, 15) is 39.9 Å². The maximum Gasteiger partial charge on any atom is 0.573 e. The number of anilines is 1. The van der Waals surface area contributed by atoms with Gasteiger partial charge in [-0.05, 0) is 49.2 Å². The van der Waals surface area contributed by atoms with E-state index in [1.807, 2.05) is 0 Å². The number of likely N-dealkylation sites (tertiary alicyclic amines) is 1. The zero-order chi connectivity index (χ0) is 31.9. The Morgan fingerprint density at radius 1 is 1.16 bits per heavy atom. The first-order valence-corrected chi connectivity index (χ1v) is 17.3. The second-order valence-corrected chi connectivity index (χ2v) is 15.0. The Kier molecular flexibility index (Phi) is 9.81. The lowest BCUT2D eigenvalue weighted by molar-refractivity contribution is -0.275. The number of halogens is 5. The van der Waals surface area contributed by atoms with E-state index in [2.05, 4.69) is 14.8 Å². The third kappa shape index (κ3) is 8.04. The van der Waals surface area contributed by atoms with Gasteiger partial charge in [0.1, 0.15) is 5.75 Å². The monoisotopic (exact) mass is 688 g/mol. The Hall–Kier alpha value is -2.34. The van der Waals surface area contributed by atoms with Gasteiger partial charge in [-0.1, -0.05) is 30.1 Å². The van der Waals surface area contributed by atoms with Crippen molar-refractivity contribution in [3.05, 3.63) is 51.0 Å². The van der Waals surface area contributed by atoms with Crippen molar-refractivity contribution in [3.63, 3.8) is 0 Å². The van der Waals surface area contributed by atoms with Crippen LogP contribution in [0.4, 0.5) is 18.9 Å². The molecule has 1 unspecified atom stereocenters. The van der Waals surface area contributed by atoms with Crippen LogP contribution in [0.1, 0.15) is 41.3 Å². The van der Waals surface area contributed by atoms with Gasteiger partial charge in [0.2, 0.25) is 16.4 Å². The van der Waals surface area contributed by atoms with E-state index in [1.165, 1.54) is 25.1 Å². The Bertz CT molecular complexity index is 1630. The molecular weight excluding hydrogens is 660 g/mol. The number of sulfone groups is 1. The third-order valence-corrected chi connectivity index (χ3v) is 10.2. The molecule has 1 amide bonds. The zero-order valence-electron chi connectivity index (χ0n) is 22.9. The highest BCUT2D eigenvalue weighted by Gasteiger charge is 2.39. The number of amides is 1. The molecule has 0 saturated carbocycles. The fourth-order valence-electron chi connectivity index (χ4n) is 5.11. The van der Waals surface area contributed by atoms with Crippen LogP contribution in [0.2, 0.25) is 10.0 Å². The molecule has 4 rings (SSSR count). The van der Waals surface area contributed by atoms with Crippen LogP contribution in [0.5, 0.6) is 5.75 Å². The number of sulfonamides is 1. The van der Waals surface area contributed by atoms with Crippen molar-refractivity contribution in [2.45, 2.75) is 56.5 Å². The maximum absolute atomic E-state index is 13.6. The summed E-state index contributed by atoms with van der Waals surface area (Å²) in [7, 11) is -7.29. The van der Waals surface area contributed by atoms with Crippen LogP contribution < -0.4 is 14.8 Å². The van der Waals surface area contributed by atoms with E-state index in [1.54, 1.807) is 4.90 Å². The number of aliphatic hydroxyl groups excluding tert-OH is 1. The van der Waals surface area contributed by atoms with Crippen molar-refractivity contribution in [1.29, 1.82) is 0 Å². The number of rotatable bonds is 9. The molecule has 0 aromatic heterocycles. The number of ether oxygens (including phenoxy) is 1. The van der Waals surface area contributed by atoms with Crippen molar-refractivity contribution < 1.29 is 44.6 Å². The minimum Gasteiger partial charge on any atom is -0.405 e. The summed E-state index contributed by atoms with van der Waals surface area (Å²) in [6.07, 6.45) is -4.80. The lowest BCUT2D eigenvalue weighted by atomic mass is 10.0. The molecule has 11 nitrogen and oxygen atoms in total. The Balaban J connectivity index is 1.71. The smallest absolute Gasteiger partial charge is 0.405 e. The van der Waals surface area contributed by atoms with Gasteiger partial charge in [0.15, 0.2) is 9.84 Å². The Morgan fingerprint density at radius 3 is 2.49 bits per heavy atom. The molecule has 0 aliphatic carbocycles. The zero-order valence-corrected chi connectivity index (χ0v) is 26.1. The number of carbonyl (C=O) groups excluding carboxylic acids is 1. The van der Waals surface area contributed by atoms with Gasteiger partial charge in [-0.15, -0.1) is 13.2 Å². The number of carbonyl (C=O) groups is 1. The second-order valence-electron chi connectivity index (χ2n) is 10.2. The maximum atomic E-state index is 13.6. The van der Waals surface area contributed by atoms with E-state index in [4.69, 9.17) is 23.2 Å². The van der Waals surface area contributed by atoms with Crippen molar-refractivity contribution in [3.8, 4) is 5.75 Å². The van der Waals surface area contributed by atoms with Crippen LogP contribution in [0, 0.1) is 0 Å². The summed E-state index contributed by atoms with van der Waals surface area (Å²) < 4.78 is 95.9. The van der Waals surface area contributed by atoms with E-state index in [0.29, 0.717) is 19.4 Å². The standard InChI is InChI=1S/C25H29Cl2F3N4O7S2/c1-3-43(39,40)20-7-6-15(26)9-14(20)11-34-23(35)17-10-19(41-25(28,29)30)18(21(27)22(17)31-24(34)36)13-33-8-4-5-16(12-33)32-42(2,37)38/h6-7,9-10,16,24,31-32,36H,3-5,8,11-13H2,1-2H3/t16-,24?/m0/s1. The average Bonchev–Trinajstić information content (AvgIpc) is 2.88.